The zero-order valence-corrected chi connectivity index (χ0v) is 6.17. The Hall–Kier alpha value is -0.190. The molecule has 0 aliphatic carbocycles. The Labute approximate surface area is 64.0 Å². The summed E-state index contributed by atoms with van der Waals surface area (Å²) in [6, 6.07) is 0. The largest absolute Gasteiger partial charge is 1.00 e. The third-order valence-corrected chi connectivity index (χ3v) is 0.629. The Morgan fingerprint density at radius 1 is 1.38 bits per heavy atom. The van der Waals surface area contributed by atoms with Crippen LogP contribution < -0.4 is 29.0 Å². The molecule has 1 heterocycles. The quantitative estimate of drug-likeness (QED) is 0.327. The minimum Gasteiger partial charge on any atom is -1.00 e. The van der Waals surface area contributed by atoms with Gasteiger partial charge < -0.3 is 24.0 Å². The van der Waals surface area contributed by atoms with Crippen molar-refractivity contribution in [3.8, 4) is 0 Å². The summed E-state index contributed by atoms with van der Waals surface area (Å²) in [4.78, 5) is 3.31. The van der Waals surface area contributed by atoms with Crippen molar-refractivity contribution in [1.82, 2.24) is 4.99 Å². The van der Waals surface area contributed by atoms with Crippen LogP contribution in [0.1, 0.15) is 0 Å². The Morgan fingerprint density at radius 3 is 2.38 bits per heavy atom. The average Bonchev–Trinajstić information content (AvgIpc) is 1.69. The van der Waals surface area contributed by atoms with Crippen molar-refractivity contribution in [1.29, 1.82) is 0 Å². The van der Waals surface area contributed by atoms with E-state index in [2.05, 4.69) is 4.99 Å². The van der Waals surface area contributed by atoms with Crippen LogP contribution in [0, 0.1) is 0 Å². The van der Waals surface area contributed by atoms with Crippen LogP contribution in [-0.2, 0) is 0 Å². The van der Waals surface area contributed by atoms with Crippen LogP contribution in [0.2, 0.25) is 0 Å². The smallest absolute Gasteiger partial charge is 0.427 e. The first-order chi connectivity index (χ1) is 3.39. The number of aliphatic imine (C=N–C) groups is 1. The summed E-state index contributed by atoms with van der Waals surface area (Å²) < 4.78 is 11.8. The minimum atomic E-state index is -0.428. The standard InChI is InChI=1S/C5H4FN.HI/c6-5-3-1-2-4-7-5;/h1-4H;1H/q+1;/p-1. The molecular formula is C5H4FIN. The van der Waals surface area contributed by atoms with Crippen molar-refractivity contribution in [2.24, 2.45) is 0 Å². The van der Waals surface area contributed by atoms with Crippen molar-refractivity contribution in [2.75, 3.05) is 0 Å². The monoisotopic (exact) mass is 224 g/mol. The first kappa shape index (κ1) is 7.81. The van der Waals surface area contributed by atoms with Gasteiger partial charge in [-0.3, -0.25) is 0 Å². The highest BCUT2D eigenvalue weighted by atomic mass is 127. The lowest BCUT2D eigenvalue weighted by Crippen LogP contribution is -3.00. The van der Waals surface area contributed by atoms with E-state index in [0.717, 1.165) is 0 Å². The van der Waals surface area contributed by atoms with Crippen molar-refractivity contribution >= 4 is 6.21 Å². The topological polar surface area (TPSA) is 14.1 Å². The second kappa shape index (κ2) is 3.77. The molecule has 1 nitrogen and oxygen atoms in total. The lowest BCUT2D eigenvalue weighted by atomic mass is 10.4. The minimum absolute atomic E-state index is 0. The van der Waals surface area contributed by atoms with E-state index in [-0.39, 0.29) is 24.0 Å². The second-order valence-corrected chi connectivity index (χ2v) is 1.15. The first-order valence-corrected chi connectivity index (χ1v) is 1.96. The van der Waals surface area contributed by atoms with E-state index in [1.807, 2.05) is 0 Å². The van der Waals surface area contributed by atoms with Crippen LogP contribution in [0.3, 0.4) is 0 Å². The molecule has 8 heavy (non-hydrogen) atoms. The van der Waals surface area contributed by atoms with E-state index in [1.54, 1.807) is 12.2 Å². The number of nitrogens with zero attached hydrogens (tertiary/aromatic N) is 1. The zero-order chi connectivity index (χ0) is 5.11. The normalized spacial score (nSPS) is 14.9. The van der Waals surface area contributed by atoms with Gasteiger partial charge in [-0.25, -0.2) is 0 Å². The number of allylic oxidation sites excluding steroid dienone is 3. The fraction of sp³-hybridized carbons (Fsp3) is 0. The molecule has 0 unspecified atom stereocenters. The van der Waals surface area contributed by atoms with Gasteiger partial charge >= 0.3 is 5.95 Å². The molecule has 0 atom stereocenters. The molecule has 0 aromatic heterocycles. The maximum absolute atomic E-state index is 11.8. The Balaban J connectivity index is 0.000000490. The van der Waals surface area contributed by atoms with Gasteiger partial charge in [-0.2, -0.15) is 0 Å². The molecule has 1 rings (SSSR count). The summed E-state index contributed by atoms with van der Waals surface area (Å²) in [6.07, 6.45) is 5.99. The fourth-order valence-corrected chi connectivity index (χ4v) is 0.342. The SMILES string of the molecule is FC1=CC=CC=[N+]1.[I-]. The fourth-order valence-electron chi connectivity index (χ4n) is 0.342. The van der Waals surface area contributed by atoms with Gasteiger partial charge in [0, 0.05) is 12.2 Å². The molecule has 1 radical (unpaired) electrons. The summed E-state index contributed by atoms with van der Waals surface area (Å²) >= 11 is 0. The van der Waals surface area contributed by atoms with Crippen LogP contribution in [0.15, 0.2) is 24.2 Å². The summed E-state index contributed by atoms with van der Waals surface area (Å²) in [7, 11) is 0. The second-order valence-electron chi connectivity index (χ2n) is 1.15. The Morgan fingerprint density at radius 2 is 2.12 bits per heavy atom. The molecule has 43 valence electrons. The van der Waals surface area contributed by atoms with Gasteiger partial charge in [0.15, 0.2) is 0 Å². The van der Waals surface area contributed by atoms with Crippen molar-refractivity contribution in [3.63, 3.8) is 0 Å². The van der Waals surface area contributed by atoms with E-state index in [9.17, 15) is 4.39 Å². The Bertz CT molecular complexity index is 149. The van der Waals surface area contributed by atoms with Crippen LogP contribution >= 0.6 is 0 Å². The third kappa shape index (κ3) is 2.20. The van der Waals surface area contributed by atoms with Crippen molar-refractivity contribution < 1.29 is 28.4 Å². The summed E-state index contributed by atoms with van der Waals surface area (Å²) in [5, 5.41) is 0. The van der Waals surface area contributed by atoms with Crippen molar-refractivity contribution in [3.05, 3.63) is 24.2 Å². The van der Waals surface area contributed by atoms with Crippen LogP contribution in [0.5, 0.6) is 0 Å². The maximum Gasteiger partial charge on any atom is 0.427 e. The molecule has 0 fully saturated rings. The predicted octanol–water partition coefficient (Wildman–Crippen LogP) is -2.22. The van der Waals surface area contributed by atoms with Crippen LogP contribution in [0.4, 0.5) is 4.39 Å². The van der Waals surface area contributed by atoms with E-state index in [4.69, 9.17) is 0 Å². The molecule has 0 bridgehead atoms. The van der Waals surface area contributed by atoms with Crippen molar-refractivity contribution in [2.45, 2.75) is 0 Å². The summed E-state index contributed by atoms with van der Waals surface area (Å²) in [5.41, 5.74) is 0. The molecule has 0 spiro atoms. The van der Waals surface area contributed by atoms with E-state index >= 15 is 0 Å². The van der Waals surface area contributed by atoms with E-state index in [1.165, 1.54) is 12.3 Å². The van der Waals surface area contributed by atoms with Gasteiger partial charge in [0.1, 0.15) is 0 Å². The first-order valence-electron chi connectivity index (χ1n) is 1.96. The molecule has 0 aromatic carbocycles. The molecule has 1 aliphatic rings. The lowest BCUT2D eigenvalue weighted by molar-refractivity contribution is -0.00000219. The molecule has 3 heteroatoms. The number of hydrogen-bond donors (Lipinski definition) is 0. The number of hydrogen-bond acceptors (Lipinski definition) is 1. The van der Waals surface area contributed by atoms with Gasteiger partial charge in [-0.15, -0.1) is 4.39 Å². The van der Waals surface area contributed by atoms with Gasteiger partial charge in [0.25, 0.3) is 0 Å². The Kier molecular flexibility index (Phi) is 3.68. The van der Waals surface area contributed by atoms with E-state index < -0.39 is 5.95 Å². The highest BCUT2D eigenvalue weighted by Crippen LogP contribution is 1.91. The van der Waals surface area contributed by atoms with Gasteiger partial charge in [0.2, 0.25) is 6.21 Å². The average molecular weight is 224 g/mol. The molecule has 0 amide bonds. The molecule has 0 aromatic rings. The molecule has 0 saturated carbocycles. The molecular weight excluding hydrogens is 220 g/mol. The molecule has 1 aliphatic heterocycles. The highest BCUT2D eigenvalue weighted by Gasteiger charge is 2.01. The van der Waals surface area contributed by atoms with Gasteiger partial charge in [-0.1, -0.05) is 0 Å². The number of halogens is 2. The van der Waals surface area contributed by atoms with E-state index in [0.29, 0.717) is 0 Å². The summed E-state index contributed by atoms with van der Waals surface area (Å²) in [6.45, 7) is 0. The van der Waals surface area contributed by atoms with Crippen LogP contribution in [0.25, 0.3) is 0 Å². The van der Waals surface area contributed by atoms with Gasteiger partial charge in [0.05, 0.1) is 4.99 Å². The number of rotatable bonds is 0. The predicted molar refractivity (Wildman–Crippen MR) is 26.5 cm³/mol. The summed E-state index contributed by atoms with van der Waals surface area (Å²) in [5.74, 6) is -0.428. The van der Waals surface area contributed by atoms with Crippen LogP contribution in [-0.4, -0.2) is 6.21 Å². The highest BCUT2D eigenvalue weighted by molar-refractivity contribution is 5.72. The zero-order valence-electron chi connectivity index (χ0n) is 4.01. The molecule has 0 saturated heterocycles. The maximum atomic E-state index is 11.8. The lowest BCUT2D eigenvalue weighted by Gasteiger charge is -1.70. The molecule has 0 N–H and O–H groups in total. The third-order valence-electron chi connectivity index (χ3n) is 0.629. The van der Waals surface area contributed by atoms with Gasteiger partial charge in [-0.05, 0) is 6.08 Å².